The lowest BCUT2D eigenvalue weighted by Gasteiger charge is -2.28. The summed E-state index contributed by atoms with van der Waals surface area (Å²) in [4.78, 5) is 19.8. The molecule has 0 saturated heterocycles. The van der Waals surface area contributed by atoms with E-state index in [-0.39, 0.29) is 0 Å². The van der Waals surface area contributed by atoms with Crippen LogP contribution in [0, 0.1) is 0 Å². The van der Waals surface area contributed by atoms with Gasteiger partial charge >= 0.3 is 0 Å². The van der Waals surface area contributed by atoms with E-state index in [9.17, 15) is 0 Å². The lowest BCUT2D eigenvalue weighted by molar-refractivity contribution is 0.877. The average Bonchev–Trinajstić information content (AvgIpc) is 3.00. The Morgan fingerprint density at radius 2 is 1.10 bits per heavy atom. The van der Waals surface area contributed by atoms with E-state index in [1.54, 1.807) is 12.7 Å². The molecule has 190 valence electrons. The van der Waals surface area contributed by atoms with Crippen LogP contribution in [0.15, 0.2) is 110 Å². The number of anilines is 3. The molecule has 0 bridgehead atoms. The monoisotopic (exact) mass is 515 g/mol. The molecule has 6 aromatic carbocycles. The highest BCUT2D eigenvalue weighted by atomic mass is 15.1. The van der Waals surface area contributed by atoms with Crippen molar-refractivity contribution in [1.82, 2.24) is 19.9 Å². The minimum atomic E-state index is 0.445. The van der Waals surface area contributed by atoms with E-state index in [1.807, 2.05) is 12.4 Å². The molecule has 8 rings (SSSR count). The SMILES string of the molecule is CC(C)c1ccc2ccc3c(N(c4ccc5ncncc5c4)c4ccc5ncncc5c4)ccc4ccc1c2c43. The van der Waals surface area contributed by atoms with Crippen molar-refractivity contribution in [2.24, 2.45) is 0 Å². The fourth-order valence-electron chi connectivity index (χ4n) is 6.16. The molecular formula is C35H25N5. The molecule has 0 atom stereocenters. The van der Waals surface area contributed by atoms with Crippen molar-refractivity contribution in [2.45, 2.75) is 19.8 Å². The second-order valence-electron chi connectivity index (χ2n) is 10.7. The zero-order valence-corrected chi connectivity index (χ0v) is 22.2. The summed E-state index contributed by atoms with van der Waals surface area (Å²) in [6, 6.07) is 30.9. The maximum Gasteiger partial charge on any atom is 0.116 e. The summed E-state index contributed by atoms with van der Waals surface area (Å²) >= 11 is 0. The van der Waals surface area contributed by atoms with E-state index in [2.05, 4.69) is 124 Å². The molecule has 0 fully saturated rings. The van der Waals surface area contributed by atoms with Gasteiger partial charge in [0, 0.05) is 39.9 Å². The molecule has 5 nitrogen and oxygen atoms in total. The van der Waals surface area contributed by atoms with Crippen molar-refractivity contribution in [3.05, 3.63) is 116 Å². The van der Waals surface area contributed by atoms with Crippen LogP contribution in [0.3, 0.4) is 0 Å². The lowest BCUT2D eigenvalue weighted by atomic mass is 9.88. The third kappa shape index (κ3) is 3.41. The smallest absolute Gasteiger partial charge is 0.116 e. The second-order valence-corrected chi connectivity index (χ2v) is 10.7. The van der Waals surface area contributed by atoms with Gasteiger partial charge in [-0.15, -0.1) is 0 Å². The van der Waals surface area contributed by atoms with Crippen molar-refractivity contribution < 1.29 is 0 Å². The van der Waals surface area contributed by atoms with Crippen LogP contribution in [-0.2, 0) is 0 Å². The fourth-order valence-corrected chi connectivity index (χ4v) is 6.16. The summed E-state index contributed by atoms with van der Waals surface area (Å²) in [6.07, 6.45) is 6.93. The van der Waals surface area contributed by atoms with Gasteiger partial charge in [-0.2, -0.15) is 0 Å². The van der Waals surface area contributed by atoms with Gasteiger partial charge < -0.3 is 4.90 Å². The number of fused-ring (bicyclic) bond motifs is 2. The van der Waals surface area contributed by atoms with E-state index in [0.717, 1.165) is 38.9 Å². The Labute approximate surface area is 231 Å². The molecule has 2 aromatic heterocycles. The van der Waals surface area contributed by atoms with Crippen molar-refractivity contribution in [1.29, 1.82) is 0 Å². The highest BCUT2D eigenvalue weighted by Crippen LogP contribution is 2.45. The standard InChI is InChI=1S/C35H25N5/c1-21(2)28-9-3-22-5-11-30-33(14-6-23-4-10-29(28)34(22)35(23)30)40(26-7-12-31-24(15-26)17-36-19-38-31)27-8-13-32-25(16-27)18-37-20-39-32/h3-21H,1-2H3. The molecule has 0 unspecified atom stereocenters. The van der Waals surface area contributed by atoms with Gasteiger partial charge in [0.25, 0.3) is 0 Å². The van der Waals surface area contributed by atoms with E-state index in [1.165, 1.54) is 37.9 Å². The van der Waals surface area contributed by atoms with Crippen molar-refractivity contribution in [2.75, 3.05) is 4.90 Å². The summed E-state index contributed by atoms with van der Waals surface area (Å²) < 4.78 is 0. The van der Waals surface area contributed by atoms with E-state index in [4.69, 9.17) is 0 Å². The number of hydrogen-bond donors (Lipinski definition) is 0. The van der Waals surface area contributed by atoms with Gasteiger partial charge in [0.05, 0.1) is 16.7 Å². The molecule has 2 heterocycles. The van der Waals surface area contributed by atoms with Crippen LogP contribution in [0.25, 0.3) is 54.1 Å². The van der Waals surface area contributed by atoms with Crippen LogP contribution < -0.4 is 4.90 Å². The summed E-state index contributed by atoms with van der Waals surface area (Å²) in [5, 5.41) is 9.69. The first kappa shape index (κ1) is 22.8. The Morgan fingerprint density at radius 3 is 1.73 bits per heavy atom. The van der Waals surface area contributed by atoms with Crippen LogP contribution in [0.1, 0.15) is 25.3 Å². The first-order chi connectivity index (χ1) is 19.7. The lowest BCUT2D eigenvalue weighted by Crippen LogP contribution is -2.11. The Bertz CT molecular complexity index is 2140. The number of hydrogen-bond acceptors (Lipinski definition) is 5. The van der Waals surface area contributed by atoms with Gasteiger partial charge in [-0.05, 0) is 80.9 Å². The van der Waals surface area contributed by atoms with E-state index < -0.39 is 0 Å². The van der Waals surface area contributed by atoms with Crippen LogP contribution >= 0.6 is 0 Å². The van der Waals surface area contributed by atoms with Crippen LogP contribution in [0.2, 0.25) is 0 Å². The van der Waals surface area contributed by atoms with Crippen LogP contribution in [0.4, 0.5) is 17.1 Å². The molecule has 5 heteroatoms. The second kappa shape index (κ2) is 8.68. The first-order valence-electron chi connectivity index (χ1n) is 13.6. The molecule has 40 heavy (non-hydrogen) atoms. The topological polar surface area (TPSA) is 54.8 Å². The van der Waals surface area contributed by atoms with Gasteiger partial charge in [0.15, 0.2) is 0 Å². The number of benzene rings is 6. The van der Waals surface area contributed by atoms with Gasteiger partial charge in [-0.3, -0.25) is 0 Å². The highest BCUT2D eigenvalue weighted by Gasteiger charge is 2.20. The van der Waals surface area contributed by atoms with Gasteiger partial charge in [-0.25, -0.2) is 19.9 Å². The van der Waals surface area contributed by atoms with Crippen LogP contribution in [0.5, 0.6) is 0 Å². The Balaban J connectivity index is 1.46. The largest absolute Gasteiger partial charge is 0.310 e. The summed E-state index contributed by atoms with van der Waals surface area (Å²) in [5.41, 5.74) is 6.41. The molecule has 0 aliphatic carbocycles. The predicted molar refractivity (Wildman–Crippen MR) is 165 cm³/mol. The predicted octanol–water partition coefficient (Wildman–Crippen LogP) is 9.06. The molecule has 0 saturated carbocycles. The van der Waals surface area contributed by atoms with Gasteiger partial charge in [0.2, 0.25) is 0 Å². The van der Waals surface area contributed by atoms with Crippen molar-refractivity contribution in [3.63, 3.8) is 0 Å². The summed E-state index contributed by atoms with van der Waals surface area (Å²) in [5.74, 6) is 0.445. The highest BCUT2D eigenvalue weighted by molar-refractivity contribution is 6.26. The molecule has 0 amide bonds. The van der Waals surface area contributed by atoms with Gasteiger partial charge in [-0.1, -0.05) is 56.3 Å². The number of rotatable bonds is 4. The molecule has 0 N–H and O–H groups in total. The Morgan fingerprint density at radius 1 is 0.550 bits per heavy atom. The van der Waals surface area contributed by atoms with E-state index >= 15 is 0 Å². The zero-order valence-electron chi connectivity index (χ0n) is 22.2. The summed E-state index contributed by atoms with van der Waals surface area (Å²) in [7, 11) is 0. The molecular weight excluding hydrogens is 490 g/mol. The normalized spacial score (nSPS) is 12.0. The third-order valence-corrected chi connectivity index (χ3v) is 8.03. The van der Waals surface area contributed by atoms with Crippen molar-refractivity contribution >= 4 is 71.2 Å². The first-order valence-corrected chi connectivity index (χ1v) is 13.6. The van der Waals surface area contributed by atoms with Gasteiger partial charge in [0.1, 0.15) is 12.7 Å². The molecule has 0 aliphatic rings. The minimum Gasteiger partial charge on any atom is -0.310 e. The maximum atomic E-state index is 4.45. The molecule has 0 radical (unpaired) electrons. The molecule has 0 aliphatic heterocycles. The number of aromatic nitrogens is 4. The third-order valence-electron chi connectivity index (χ3n) is 8.03. The quantitative estimate of drug-likeness (QED) is 0.219. The number of nitrogens with zero attached hydrogens (tertiary/aromatic N) is 5. The van der Waals surface area contributed by atoms with Crippen LogP contribution in [-0.4, -0.2) is 19.9 Å². The zero-order chi connectivity index (χ0) is 26.8. The fraction of sp³-hybridized carbons (Fsp3) is 0.0857. The molecule has 0 spiro atoms. The maximum absolute atomic E-state index is 4.45. The minimum absolute atomic E-state index is 0.445. The van der Waals surface area contributed by atoms with E-state index in [0.29, 0.717) is 5.92 Å². The van der Waals surface area contributed by atoms with Crippen molar-refractivity contribution in [3.8, 4) is 0 Å². The summed E-state index contributed by atoms with van der Waals surface area (Å²) in [6.45, 7) is 4.54. The molecule has 8 aromatic rings. The Hall–Kier alpha value is -5.16. The Kier molecular flexibility index (Phi) is 4.95. The average molecular weight is 516 g/mol.